The first-order valence-corrected chi connectivity index (χ1v) is 10.5. The van der Waals surface area contributed by atoms with Gasteiger partial charge in [-0.15, -0.1) is 0 Å². The van der Waals surface area contributed by atoms with Gasteiger partial charge in [0.15, 0.2) is 0 Å². The summed E-state index contributed by atoms with van der Waals surface area (Å²) in [4.78, 5) is 45.6. The molecule has 0 aromatic rings. The maximum absolute atomic E-state index is 11.4. The molecule has 2 aliphatic carbocycles. The standard InChI is InChI=1S/C12H16O4.C4H8.2C2H6.2CH5N/c1-5(13)9-10(6(2)14)12(8(4)16)11(9)7(3)15;1-2-4-3-1;4*1-2/h9-12H,1-4H3;1-4H2;2*1-2H3;2*2H2,1H3. The summed E-state index contributed by atoms with van der Waals surface area (Å²) in [6.07, 6.45) is 6.00. The Balaban J connectivity index is -0.000000198. The Hall–Kier alpha value is -1.40. The summed E-state index contributed by atoms with van der Waals surface area (Å²) in [5, 5.41) is 0. The number of carbonyl (C=O) groups is 4. The lowest BCUT2D eigenvalue weighted by atomic mass is 9.52. The summed E-state index contributed by atoms with van der Waals surface area (Å²) in [6, 6.07) is 0. The van der Waals surface area contributed by atoms with Crippen LogP contribution in [0.3, 0.4) is 0 Å². The van der Waals surface area contributed by atoms with Gasteiger partial charge in [-0.05, 0) is 41.8 Å². The van der Waals surface area contributed by atoms with Crippen molar-refractivity contribution >= 4 is 23.1 Å². The largest absolute Gasteiger partial charge is 0.333 e. The first kappa shape index (κ1) is 34.1. The molecule has 0 saturated heterocycles. The lowest BCUT2D eigenvalue weighted by molar-refractivity contribution is -0.161. The highest BCUT2D eigenvalue weighted by Crippen LogP contribution is 2.48. The molecule has 2 fully saturated rings. The van der Waals surface area contributed by atoms with Gasteiger partial charge in [0.25, 0.3) is 0 Å². The van der Waals surface area contributed by atoms with E-state index in [1.807, 2.05) is 27.7 Å². The Morgan fingerprint density at radius 2 is 0.571 bits per heavy atom. The second-order valence-electron chi connectivity index (χ2n) is 5.96. The van der Waals surface area contributed by atoms with Crippen LogP contribution >= 0.6 is 0 Å². The summed E-state index contributed by atoms with van der Waals surface area (Å²) < 4.78 is 0. The van der Waals surface area contributed by atoms with Gasteiger partial charge in [0.1, 0.15) is 23.1 Å². The van der Waals surface area contributed by atoms with Crippen LogP contribution in [0.1, 0.15) is 81.1 Å². The van der Waals surface area contributed by atoms with Crippen LogP contribution in [0.2, 0.25) is 0 Å². The van der Waals surface area contributed by atoms with E-state index in [0.717, 1.165) is 0 Å². The van der Waals surface area contributed by atoms with Gasteiger partial charge in [-0.25, -0.2) is 0 Å². The van der Waals surface area contributed by atoms with Gasteiger partial charge in [0.2, 0.25) is 0 Å². The molecule has 168 valence electrons. The normalized spacial score (nSPS) is 23.0. The molecular formula is C22H46N2O4. The Morgan fingerprint density at radius 1 is 0.464 bits per heavy atom. The van der Waals surface area contributed by atoms with E-state index >= 15 is 0 Å². The average molecular weight is 403 g/mol. The van der Waals surface area contributed by atoms with Crippen LogP contribution in [0.4, 0.5) is 0 Å². The van der Waals surface area contributed by atoms with Gasteiger partial charge < -0.3 is 11.5 Å². The number of ketones is 4. The number of Topliss-reactive ketones (excluding diaryl/α,β-unsaturated/α-hetero) is 4. The summed E-state index contributed by atoms with van der Waals surface area (Å²) in [5.74, 6) is -3.10. The number of hydrogen-bond donors (Lipinski definition) is 2. The Morgan fingerprint density at radius 3 is 0.607 bits per heavy atom. The first-order valence-electron chi connectivity index (χ1n) is 10.5. The smallest absolute Gasteiger partial charge is 0.134 e. The second kappa shape index (κ2) is 21.9. The molecule has 0 unspecified atom stereocenters. The van der Waals surface area contributed by atoms with Crippen molar-refractivity contribution in [3.8, 4) is 0 Å². The number of hydrogen-bond acceptors (Lipinski definition) is 6. The zero-order valence-electron chi connectivity index (χ0n) is 19.9. The maximum atomic E-state index is 11.4. The van der Waals surface area contributed by atoms with Crippen molar-refractivity contribution in [2.45, 2.75) is 81.1 Å². The molecule has 6 heteroatoms. The van der Waals surface area contributed by atoms with Crippen LogP contribution in [0.25, 0.3) is 0 Å². The Bertz CT molecular complexity index is 348. The third kappa shape index (κ3) is 11.4. The molecule has 0 spiro atoms. The van der Waals surface area contributed by atoms with Crippen molar-refractivity contribution in [1.29, 1.82) is 0 Å². The predicted octanol–water partition coefficient (Wildman–Crippen LogP) is 3.58. The minimum atomic E-state index is -0.594. The molecule has 28 heavy (non-hydrogen) atoms. The van der Waals surface area contributed by atoms with E-state index in [1.54, 1.807) is 0 Å². The van der Waals surface area contributed by atoms with Crippen molar-refractivity contribution in [3.63, 3.8) is 0 Å². The minimum Gasteiger partial charge on any atom is -0.333 e. The number of nitrogens with two attached hydrogens (primary N) is 2. The van der Waals surface area contributed by atoms with Crippen molar-refractivity contribution in [3.05, 3.63) is 0 Å². The third-order valence-electron chi connectivity index (χ3n) is 4.43. The molecule has 0 aromatic heterocycles. The van der Waals surface area contributed by atoms with Gasteiger partial charge in [0, 0.05) is 23.7 Å². The molecule has 2 saturated carbocycles. The fourth-order valence-corrected chi connectivity index (χ4v) is 3.02. The SMILES string of the molecule is C1CCC1.CC.CC.CC(=O)C1C(C(C)=O)C(C(C)=O)C1C(C)=O.CN.CN. The molecular weight excluding hydrogens is 356 g/mol. The van der Waals surface area contributed by atoms with E-state index in [2.05, 4.69) is 11.5 Å². The van der Waals surface area contributed by atoms with Gasteiger partial charge in [-0.2, -0.15) is 0 Å². The van der Waals surface area contributed by atoms with Crippen molar-refractivity contribution < 1.29 is 19.2 Å². The van der Waals surface area contributed by atoms with Gasteiger partial charge in [0.05, 0.1) is 0 Å². The molecule has 2 aliphatic rings. The van der Waals surface area contributed by atoms with Crippen LogP contribution in [0.5, 0.6) is 0 Å². The topological polar surface area (TPSA) is 120 Å². The van der Waals surface area contributed by atoms with E-state index in [1.165, 1.54) is 67.5 Å². The predicted molar refractivity (Wildman–Crippen MR) is 118 cm³/mol. The van der Waals surface area contributed by atoms with Crippen molar-refractivity contribution in [1.82, 2.24) is 0 Å². The van der Waals surface area contributed by atoms with Crippen LogP contribution in [0.15, 0.2) is 0 Å². The van der Waals surface area contributed by atoms with Crippen LogP contribution < -0.4 is 11.5 Å². The fraction of sp³-hybridized carbons (Fsp3) is 0.818. The van der Waals surface area contributed by atoms with Crippen LogP contribution in [0, 0.1) is 23.7 Å². The highest BCUT2D eigenvalue weighted by molar-refractivity contribution is 6.02. The molecule has 4 N–H and O–H groups in total. The first-order chi connectivity index (χ1) is 13.3. The highest BCUT2D eigenvalue weighted by atomic mass is 16.2. The summed E-state index contributed by atoms with van der Waals surface area (Å²) >= 11 is 0. The lowest BCUT2D eigenvalue weighted by Gasteiger charge is -2.47. The molecule has 0 heterocycles. The van der Waals surface area contributed by atoms with Crippen molar-refractivity contribution in [2.24, 2.45) is 35.1 Å². The lowest BCUT2D eigenvalue weighted by Crippen LogP contribution is -2.58. The summed E-state index contributed by atoms with van der Waals surface area (Å²) in [7, 11) is 3.00. The molecule has 0 amide bonds. The van der Waals surface area contributed by atoms with E-state index in [0.29, 0.717) is 0 Å². The molecule has 0 aliphatic heterocycles. The van der Waals surface area contributed by atoms with Crippen molar-refractivity contribution in [2.75, 3.05) is 14.1 Å². The number of carbonyl (C=O) groups excluding carboxylic acids is 4. The minimum absolute atomic E-state index is 0.182. The van der Waals surface area contributed by atoms with Gasteiger partial charge in [-0.1, -0.05) is 53.4 Å². The number of rotatable bonds is 4. The monoisotopic (exact) mass is 402 g/mol. The zero-order valence-corrected chi connectivity index (χ0v) is 19.9. The zero-order chi connectivity index (χ0) is 23.4. The van der Waals surface area contributed by atoms with Gasteiger partial charge in [-0.3, -0.25) is 19.2 Å². The quantitative estimate of drug-likeness (QED) is 0.741. The molecule has 0 radical (unpaired) electrons. The van der Waals surface area contributed by atoms with E-state index in [9.17, 15) is 19.2 Å². The van der Waals surface area contributed by atoms with E-state index < -0.39 is 23.7 Å². The fourth-order valence-electron chi connectivity index (χ4n) is 3.02. The van der Waals surface area contributed by atoms with Crippen LogP contribution in [-0.4, -0.2) is 37.2 Å². The van der Waals surface area contributed by atoms with Crippen LogP contribution in [-0.2, 0) is 19.2 Å². The molecule has 2 rings (SSSR count). The summed E-state index contributed by atoms with van der Waals surface area (Å²) in [5.41, 5.74) is 9.00. The summed E-state index contributed by atoms with van der Waals surface area (Å²) in [6.45, 7) is 13.5. The molecule has 0 aromatic carbocycles. The van der Waals surface area contributed by atoms with E-state index in [4.69, 9.17) is 0 Å². The molecule has 0 atom stereocenters. The highest BCUT2D eigenvalue weighted by Gasteiger charge is 2.58. The third-order valence-corrected chi connectivity index (χ3v) is 4.43. The Labute approximate surface area is 173 Å². The Kier molecular flexibility index (Phi) is 26.7. The van der Waals surface area contributed by atoms with E-state index in [-0.39, 0.29) is 23.1 Å². The molecule has 0 bridgehead atoms. The second-order valence-corrected chi connectivity index (χ2v) is 5.96. The molecule has 6 nitrogen and oxygen atoms in total. The van der Waals surface area contributed by atoms with Gasteiger partial charge >= 0.3 is 0 Å². The maximum Gasteiger partial charge on any atom is 0.134 e. The average Bonchev–Trinajstić information content (AvgIpc) is 2.58.